The summed E-state index contributed by atoms with van der Waals surface area (Å²) < 4.78 is 27.3. The van der Waals surface area contributed by atoms with Gasteiger partial charge in [-0.15, -0.1) is 0 Å². The van der Waals surface area contributed by atoms with Crippen LogP contribution in [0, 0.1) is 0 Å². The first-order chi connectivity index (χ1) is 16.2. The number of hydrogen-bond acceptors (Lipinski definition) is 8. The smallest absolute Gasteiger partial charge is 0.337 e. The van der Waals surface area contributed by atoms with Gasteiger partial charge in [-0.3, -0.25) is 0 Å². The number of aliphatic hydroxyl groups is 1. The summed E-state index contributed by atoms with van der Waals surface area (Å²) in [5.41, 5.74) is 1.18. The predicted molar refractivity (Wildman–Crippen MR) is 125 cm³/mol. The monoisotopic (exact) mass is 472 g/mol. The maximum atomic E-state index is 12.1. The lowest BCUT2D eigenvalue weighted by atomic mass is 10.0. The van der Waals surface area contributed by atoms with Crippen molar-refractivity contribution in [3.05, 3.63) is 54.1 Å². The van der Waals surface area contributed by atoms with Crippen molar-refractivity contribution < 1.29 is 38.4 Å². The minimum atomic E-state index is -1.06. The third kappa shape index (κ3) is 7.36. The van der Waals surface area contributed by atoms with Crippen LogP contribution in [0.5, 0.6) is 5.75 Å². The highest BCUT2D eigenvalue weighted by atomic mass is 16.7. The Balaban J connectivity index is 1.50. The Morgan fingerprint density at radius 2 is 1.88 bits per heavy atom. The number of aliphatic hydroxyl groups excluding tert-OH is 1. The van der Waals surface area contributed by atoms with Crippen LogP contribution in [0.1, 0.15) is 45.5 Å². The SMILES string of the molecule is C=C(C)C(=O)OCC(O)COCC(=O)Oc1ccc2cc(C3OC(C)CC(CC)O3)ccc2c1. The summed E-state index contributed by atoms with van der Waals surface area (Å²) >= 11 is 0. The zero-order chi connectivity index (χ0) is 24.7. The summed E-state index contributed by atoms with van der Waals surface area (Å²) in [5.74, 6) is -0.819. The molecule has 2 aromatic rings. The third-order valence-corrected chi connectivity index (χ3v) is 5.35. The van der Waals surface area contributed by atoms with E-state index < -0.39 is 24.3 Å². The maximum Gasteiger partial charge on any atom is 0.337 e. The molecule has 4 atom stereocenters. The molecule has 0 amide bonds. The van der Waals surface area contributed by atoms with E-state index >= 15 is 0 Å². The molecule has 184 valence electrons. The minimum absolute atomic E-state index is 0.135. The third-order valence-electron chi connectivity index (χ3n) is 5.35. The van der Waals surface area contributed by atoms with Crippen molar-refractivity contribution in [1.29, 1.82) is 0 Å². The van der Waals surface area contributed by atoms with Crippen molar-refractivity contribution >= 4 is 22.7 Å². The summed E-state index contributed by atoms with van der Waals surface area (Å²) in [6.45, 7) is 8.35. The fourth-order valence-corrected chi connectivity index (χ4v) is 3.55. The number of fused-ring (bicyclic) bond motifs is 1. The van der Waals surface area contributed by atoms with Crippen LogP contribution in [0.15, 0.2) is 48.6 Å². The fraction of sp³-hybridized carbons (Fsp3) is 0.462. The molecule has 8 nitrogen and oxygen atoms in total. The summed E-state index contributed by atoms with van der Waals surface area (Å²) in [6, 6.07) is 11.2. The van der Waals surface area contributed by atoms with E-state index in [9.17, 15) is 14.7 Å². The lowest BCUT2D eigenvalue weighted by molar-refractivity contribution is -0.243. The van der Waals surface area contributed by atoms with Crippen LogP contribution < -0.4 is 4.74 Å². The number of carbonyl (C=O) groups excluding carboxylic acids is 2. The Morgan fingerprint density at radius 3 is 2.62 bits per heavy atom. The second-order valence-corrected chi connectivity index (χ2v) is 8.47. The zero-order valence-corrected chi connectivity index (χ0v) is 19.8. The highest BCUT2D eigenvalue weighted by Gasteiger charge is 2.27. The van der Waals surface area contributed by atoms with Gasteiger partial charge in [0.25, 0.3) is 0 Å². The number of rotatable bonds is 10. The Morgan fingerprint density at radius 1 is 1.15 bits per heavy atom. The molecular formula is C26H32O8. The highest BCUT2D eigenvalue weighted by molar-refractivity contribution is 5.87. The molecule has 0 radical (unpaired) electrons. The van der Waals surface area contributed by atoms with Crippen molar-refractivity contribution in [2.45, 2.75) is 58.2 Å². The van der Waals surface area contributed by atoms with E-state index in [0.717, 1.165) is 29.2 Å². The molecule has 1 aliphatic rings. The predicted octanol–water partition coefficient (Wildman–Crippen LogP) is 3.84. The summed E-state index contributed by atoms with van der Waals surface area (Å²) in [7, 11) is 0. The van der Waals surface area contributed by atoms with Crippen molar-refractivity contribution in [3.8, 4) is 5.75 Å². The zero-order valence-electron chi connectivity index (χ0n) is 19.8. The van der Waals surface area contributed by atoms with Gasteiger partial charge in [-0.25, -0.2) is 9.59 Å². The average molecular weight is 473 g/mol. The van der Waals surface area contributed by atoms with Crippen LogP contribution in [0.25, 0.3) is 10.8 Å². The molecule has 0 aliphatic carbocycles. The van der Waals surface area contributed by atoms with Crippen LogP contribution >= 0.6 is 0 Å². The van der Waals surface area contributed by atoms with Crippen molar-refractivity contribution in [2.24, 2.45) is 0 Å². The van der Waals surface area contributed by atoms with Crippen LogP contribution in [0.2, 0.25) is 0 Å². The molecule has 2 aromatic carbocycles. The van der Waals surface area contributed by atoms with Crippen LogP contribution in [0.4, 0.5) is 0 Å². The van der Waals surface area contributed by atoms with Crippen LogP contribution in [0.3, 0.4) is 0 Å². The Kier molecular flexibility index (Phi) is 9.18. The Bertz CT molecular complexity index is 1020. The van der Waals surface area contributed by atoms with E-state index in [1.54, 1.807) is 12.1 Å². The van der Waals surface area contributed by atoms with Gasteiger partial charge in [-0.05, 0) is 55.7 Å². The lowest BCUT2D eigenvalue weighted by Gasteiger charge is -2.34. The molecule has 1 N–H and O–H groups in total. The molecular weight excluding hydrogens is 440 g/mol. The highest BCUT2D eigenvalue weighted by Crippen LogP contribution is 2.33. The van der Waals surface area contributed by atoms with E-state index in [0.29, 0.717) is 5.75 Å². The van der Waals surface area contributed by atoms with Crippen molar-refractivity contribution in [3.63, 3.8) is 0 Å². The molecule has 34 heavy (non-hydrogen) atoms. The second-order valence-electron chi connectivity index (χ2n) is 8.47. The maximum absolute atomic E-state index is 12.1. The van der Waals surface area contributed by atoms with E-state index in [2.05, 4.69) is 20.4 Å². The van der Waals surface area contributed by atoms with Crippen LogP contribution in [-0.2, 0) is 28.5 Å². The second kappa shape index (κ2) is 12.1. The number of hydrogen-bond donors (Lipinski definition) is 1. The van der Waals surface area contributed by atoms with Gasteiger partial charge >= 0.3 is 11.9 Å². The van der Waals surface area contributed by atoms with E-state index in [1.165, 1.54) is 6.92 Å². The van der Waals surface area contributed by atoms with Gasteiger partial charge < -0.3 is 28.8 Å². The average Bonchev–Trinajstić information content (AvgIpc) is 2.81. The molecule has 0 bridgehead atoms. The summed E-state index contributed by atoms with van der Waals surface area (Å²) in [6.07, 6.45) is 0.695. The molecule has 1 fully saturated rings. The lowest BCUT2D eigenvalue weighted by Crippen LogP contribution is -2.31. The van der Waals surface area contributed by atoms with Gasteiger partial charge in [0, 0.05) is 11.1 Å². The molecule has 4 unspecified atom stereocenters. The fourth-order valence-electron chi connectivity index (χ4n) is 3.55. The van der Waals surface area contributed by atoms with Gasteiger partial charge in [0.15, 0.2) is 6.29 Å². The molecule has 0 saturated carbocycles. The Hall–Kier alpha value is -2.78. The van der Waals surface area contributed by atoms with Gasteiger partial charge in [0.2, 0.25) is 0 Å². The molecule has 0 aromatic heterocycles. The molecule has 1 aliphatic heterocycles. The first kappa shape index (κ1) is 25.8. The molecule has 0 spiro atoms. The topological polar surface area (TPSA) is 101 Å². The molecule has 1 heterocycles. The number of carbonyl (C=O) groups is 2. The van der Waals surface area contributed by atoms with Gasteiger partial charge in [-0.1, -0.05) is 31.7 Å². The first-order valence-corrected chi connectivity index (χ1v) is 11.4. The molecule has 8 heteroatoms. The molecule has 1 saturated heterocycles. The largest absolute Gasteiger partial charge is 0.460 e. The summed E-state index contributed by atoms with van der Waals surface area (Å²) in [5, 5.41) is 11.6. The van der Waals surface area contributed by atoms with E-state index in [1.807, 2.05) is 24.3 Å². The first-order valence-electron chi connectivity index (χ1n) is 11.4. The van der Waals surface area contributed by atoms with Gasteiger partial charge in [-0.2, -0.15) is 0 Å². The standard InChI is InChI=1S/C26H32O8/c1-5-22-10-17(4)32-26(34-22)20-7-6-19-12-23(9-8-18(19)11-20)33-24(28)15-30-13-21(27)14-31-25(29)16(2)3/h6-9,11-12,17,21-22,26-27H,2,5,10,13-15H2,1,3-4H3. The van der Waals surface area contributed by atoms with Crippen molar-refractivity contribution in [1.82, 2.24) is 0 Å². The Labute approximate surface area is 199 Å². The number of esters is 2. The van der Waals surface area contributed by atoms with E-state index in [-0.39, 0.29) is 37.6 Å². The van der Waals surface area contributed by atoms with Crippen molar-refractivity contribution in [2.75, 3.05) is 19.8 Å². The minimum Gasteiger partial charge on any atom is -0.460 e. The molecule has 3 rings (SSSR count). The normalized spacial score (nSPS) is 21.1. The summed E-state index contributed by atoms with van der Waals surface area (Å²) in [4.78, 5) is 23.4. The van der Waals surface area contributed by atoms with Gasteiger partial charge in [0.1, 0.15) is 25.1 Å². The van der Waals surface area contributed by atoms with Gasteiger partial charge in [0.05, 0.1) is 18.8 Å². The quantitative estimate of drug-likeness (QED) is 0.316. The van der Waals surface area contributed by atoms with E-state index in [4.69, 9.17) is 23.7 Å². The number of benzene rings is 2. The number of ether oxygens (including phenoxy) is 5. The van der Waals surface area contributed by atoms with Crippen LogP contribution in [-0.4, -0.2) is 55.2 Å².